The predicted molar refractivity (Wildman–Crippen MR) is 72.6 cm³/mol. The molecule has 0 saturated heterocycles. The molecule has 0 heterocycles. The smallest absolute Gasteiger partial charge is 0.339 e. The molecule has 0 radical (unpaired) electrons. The third kappa shape index (κ3) is 4.89. The molecule has 0 amide bonds. The van der Waals surface area contributed by atoms with Crippen LogP contribution < -0.4 is 10.1 Å². The molecule has 0 spiro atoms. The van der Waals surface area contributed by atoms with E-state index in [-0.39, 0.29) is 24.1 Å². The summed E-state index contributed by atoms with van der Waals surface area (Å²) in [6, 6.07) is 6.75. The summed E-state index contributed by atoms with van der Waals surface area (Å²) < 4.78 is 5.46. The van der Waals surface area contributed by atoms with Gasteiger partial charge in [-0.15, -0.1) is 0 Å². The number of carboxylic acids is 1. The highest BCUT2D eigenvalue weighted by atomic mass is 16.5. The van der Waals surface area contributed by atoms with Crippen LogP contribution in [0.4, 0.5) is 0 Å². The quantitative estimate of drug-likeness (QED) is 0.620. The van der Waals surface area contributed by atoms with Gasteiger partial charge in [0.15, 0.2) is 0 Å². The van der Waals surface area contributed by atoms with Crippen molar-refractivity contribution in [1.29, 1.82) is 0 Å². The Morgan fingerprint density at radius 2 is 2.05 bits per heavy atom. The molecule has 5 heteroatoms. The summed E-state index contributed by atoms with van der Waals surface area (Å²) in [6.07, 6.45) is 0. The van der Waals surface area contributed by atoms with E-state index in [0.717, 1.165) is 0 Å². The summed E-state index contributed by atoms with van der Waals surface area (Å²) in [5.41, 5.74) is 0.166. The number of hydrogen-bond donors (Lipinski definition) is 3. The SMILES string of the molecule is CC(CO)C(C)NCCOc1ccccc1C(=O)O. The van der Waals surface area contributed by atoms with Gasteiger partial charge in [0.2, 0.25) is 0 Å². The normalized spacial score (nSPS) is 13.8. The van der Waals surface area contributed by atoms with Crippen LogP contribution in [0.25, 0.3) is 0 Å². The number of hydrogen-bond acceptors (Lipinski definition) is 4. The minimum Gasteiger partial charge on any atom is -0.491 e. The van der Waals surface area contributed by atoms with Crippen LogP contribution in [0.15, 0.2) is 24.3 Å². The number of aliphatic hydroxyl groups excluding tert-OH is 1. The lowest BCUT2D eigenvalue weighted by atomic mass is 10.1. The molecule has 0 aromatic heterocycles. The van der Waals surface area contributed by atoms with E-state index in [1.807, 2.05) is 13.8 Å². The molecule has 0 aliphatic carbocycles. The summed E-state index contributed by atoms with van der Waals surface area (Å²) in [4.78, 5) is 11.0. The van der Waals surface area contributed by atoms with Crippen LogP contribution in [0, 0.1) is 5.92 Å². The number of carboxylic acid groups (broad SMARTS) is 1. The Bertz CT molecular complexity index is 408. The number of para-hydroxylation sites is 1. The molecule has 1 aromatic rings. The van der Waals surface area contributed by atoms with Crippen LogP contribution in [0.3, 0.4) is 0 Å². The standard InChI is InChI=1S/C14H21NO4/c1-10(9-16)11(2)15-7-8-19-13-6-4-3-5-12(13)14(17)18/h3-6,10-11,15-16H,7-9H2,1-2H3,(H,17,18). The van der Waals surface area contributed by atoms with Crippen molar-refractivity contribution in [2.45, 2.75) is 19.9 Å². The Hall–Kier alpha value is -1.59. The van der Waals surface area contributed by atoms with Crippen molar-refractivity contribution in [3.63, 3.8) is 0 Å². The van der Waals surface area contributed by atoms with Gasteiger partial charge in [-0.25, -0.2) is 4.79 Å². The number of aliphatic hydroxyl groups is 1. The average Bonchev–Trinajstić information content (AvgIpc) is 2.42. The third-order valence-electron chi connectivity index (χ3n) is 3.08. The van der Waals surface area contributed by atoms with Crippen LogP contribution in [0.1, 0.15) is 24.2 Å². The molecule has 106 valence electrons. The van der Waals surface area contributed by atoms with Gasteiger partial charge >= 0.3 is 5.97 Å². The van der Waals surface area contributed by atoms with Gasteiger partial charge in [0.05, 0.1) is 0 Å². The maximum atomic E-state index is 11.0. The van der Waals surface area contributed by atoms with Crippen molar-refractivity contribution >= 4 is 5.97 Å². The van der Waals surface area contributed by atoms with E-state index < -0.39 is 5.97 Å². The van der Waals surface area contributed by atoms with Gasteiger partial charge in [-0.1, -0.05) is 19.1 Å². The van der Waals surface area contributed by atoms with Crippen LogP contribution in [0.2, 0.25) is 0 Å². The van der Waals surface area contributed by atoms with Gasteiger partial charge in [0.25, 0.3) is 0 Å². The molecular weight excluding hydrogens is 246 g/mol. The molecule has 1 aromatic carbocycles. The summed E-state index contributed by atoms with van der Waals surface area (Å²) >= 11 is 0. The zero-order chi connectivity index (χ0) is 14.3. The van der Waals surface area contributed by atoms with Crippen LogP contribution in [0.5, 0.6) is 5.75 Å². The molecule has 3 N–H and O–H groups in total. The first kappa shape index (κ1) is 15.5. The van der Waals surface area contributed by atoms with Crippen molar-refractivity contribution in [3.05, 3.63) is 29.8 Å². The molecule has 0 fully saturated rings. The maximum Gasteiger partial charge on any atom is 0.339 e. The van der Waals surface area contributed by atoms with Gasteiger partial charge < -0.3 is 20.3 Å². The molecule has 2 atom stereocenters. The first-order valence-electron chi connectivity index (χ1n) is 6.35. The first-order valence-corrected chi connectivity index (χ1v) is 6.35. The monoisotopic (exact) mass is 267 g/mol. The van der Waals surface area contributed by atoms with Gasteiger partial charge in [0, 0.05) is 19.2 Å². The molecule has 0 aliphatic heterocycles. The minimum absolute atomic E-state index is 0.136. The summed E-state index contributed by atoms with van der Waals surface area (Å²) in [5.74, 6) is -0.447. The van der Waals surface area contributed by atoms with Gasteiger partial charge in [0.1, 0.15) is 17.9 Å². The lowest BCUT2D eigenvalue weighted by molar-refractivity contribution is 0.0692. The van der Waals surface area contributed by atoms with Gasteiger partial charge in [-0.05, 0) is 25.0 Å². The Morgan fingerprint density at radius 1 is 1.37 bits per heavy atom. The van der Waals surface area contributed by atoms with Crippen LogP contribution in [-0.4, -0.2) is 42.0 Å². The highest BCUT2D eigenvalue weighted by Gasteiger charge is 2.11. The molecule has 19 heavy (non-hydrogen) atoms. The average molecular weight is 267 g/mol. The number of carbonyl (C=O) groups is 1. The van der Waals surface area contributed by atoms with Crippen LogP contribution in [-0.2, 0) is 0 Å². The predicted octanol–water partition coefficient (Wildman–Crippen LogP) is 1.37. The molecule has 1 rings (SSSR count). The summed E-state index contributed by atoms with van der Waals surface area (Å²) in [6.45, 7) is 5.06. The fourth-order valence-electron chi connectivity index (χ4n) is 1.58. The highest BCUT2D eigenvalue weighted by Crippen LogP contribution is 2.17. The fourth-order valence-corrected chi connectivity index (χ4v) is 1.58. The van der Waals surface area contributed by atoms with E-state index in [9.17, 15) is 4.79 Å². The molecule has 2 unspecified atom stereocenters. The second kappa shape index (κ2) is 7.76. The number of nitrogens with one attached hydrogen (secondary N) is 1. The largest absolute Gasteiger partial charge is 0.491 e. The third-order valence-corrected chi connectivity index (χ3v) is 3.08. The summed E-state index contributed by atoms with van der Waals surface area (Å²) in [7, 11) is 0. The Kier molecular flexibility index (Phi) is 6.32. The van der Waals surface area contributed by atoms with Crippen molar-refractivity contribution in [2.24, 2.45) is 5.92 Å². The lowest BCUT2D eigenvalue weighted by Crippen LogP contribution is -2.36. The maximum absolute atomic E-state index is 11.0. The van der Waals surface area contributed by atoms with E-state index in [2.05, 4.69) is 5.32 Å². The first-order chi connectivity index (χ1) is 9.06. The van der Waals surface area contributed by atoms with Crippen LogP contribution >= 0.6 is 0 Å². The van der Waals surface area contributed by atoms with E-state index in [1.165, 1.54) is 6.07 Å². The molecule has 0 bridgehead atoms. The summed E-state index contributed by atoms with van der Waals surface area (Å²) in [5, 5.41) is 21.2. The van der Waals surface area contributed by atoms with E-state index in [0.29, 0.717) is 18.9 Å². The molecule has 5 nitrogen and oxygen atoms in total. The van der Waals surface area contributed by atoms with Gasteiger partial charge in [-0.3, -0.25) is 0 Å². The Morgan fingerprint density at radius 3 is 2.68 bits per heavy atom. The highest BCUT2D eigenvalue weighted by molar-refractivity contribution is 5.90. The number of ether oxygens (including phenoxy) is 1. The zero-order valence-corrected chi connectivity index (χ0v) is 11.3. The lowest BCUT2D eigenvalue weighted by Gasteiger charge is -2.19. The number of aromatic carboxylic acids is 1. The topological polar surface area (TPSA) is 78.8 Å². The fraction of sp³-hybridized carbons (Fsp3) is 0.500. The molecule has 0 saturated carbocycles. The van der Waals surface area contributed by atoms with Crippen molar-refractivity contribution in [3.8, 4) is 5.75 Å². The Balaban J connectivity index is 2.40. The van der Waals surface area contributed by atoms with Gasteiger partial charge in [-0.2, -0.15) is 0 Å². The Labute approximate surface area is 113 Å². The van der Waals surface area contributed by atoms with E-state index in [4.69, 9.17) is 14.9 Å². The minimum atomic E-state index is -0.995. The molecular formula is C14H21NO4. The van der Waals surface area contributed by atoms with Crippen molar-refractivity contribution in [2.75, 3.05) is 19.8 Å². The van der Waals surface area contributed by atoms with Crippen molar-refractivity contribution < 1.29 is 19.7 Å². The zero-order valence-electron chi connectivity index (χ0n) is 11.3. The van der Waals surface area contributed by atoms with E-state index in [1.54, 1.807) is 18.2 Å². The number of benzene rings is 1. The second-order valence-corrected chi connectivity index (χ2v) is 4.55. The second-order valence-electron chi connectivity index (χ2n) is 4.55. The molecule has 0 aliphatic rings. The number of rotatable bonds is 8. The van der Waals surface area contributed by atoms with E-state index >= 15 is 0 Å². The van der Waals surface area contributed by atoms with Crippen molar-refractivity contribution in [1.82, 2.24) is 5.32 Å².